The van der Waals surface area contributed by atoms with Crippen LogP contribution in [0.2, 0.25) is 0 Å². The Balaban J connectivity index is 1.34. The number of methoxy groups -OCH3 is 1. The van der Waals surface area contributed by atoms with E-state index in [-0.39, 0.29) is 19.1 Å². The van der Waals surface area contributed by atoms with Gasteiger partial charge in [-0.15, -0.1) is 0 Å². The molecule has 0 aliphatic heterocycles. The van der Waals surface area contributed by atoms with E-state index in [9.17, 15) is 23.2 Å². The van der Waals surface area contributed by atoms with Crippen molar-refractivity contribution in [2.24, 2.45) is 11.8 Å². The Hall–Kier alpha value is -3.53. The van der Waals surface area contributed by atoms with Crippen LogP contribution in [0.4, 0.5) is 13.6 Å². The number of hydrogen-bond acceptors (Lipinski definition) is 5. The van der Waals surface area contributed by atoms with E-state index in [1.54, 1.807) is 0 Å². The number of benzene rings is 2. The van der Waals surface area contributed by atoms with Gasteiger partial charge in [-0.1, -0.05) is 48.5 Å². The predicted octanol–water partition coefficient (Wildman–Crippen LogP) is 2.62. The van der Waals surface area contributed by atoms with Gasteiger partial charge in [0.15, 0.2) is 0 Å². The fraction of sp³-hybridized carbons (Fsp3) is 0.375. The minimum absolute atomic E-state index is 0.0375. The maximum absolute atomic E-state index is 13.5. The first-order valence-electron chi connectivity index (χ1n) is 10.7. The number of carbonyl (C=O) groups excluding carboxylic acids is 2. The van der Waals surface area contributed by atoms with Crippen LogP contribution in [0.15, 0.2) is 48.5 Å². The molecule has 0 aromatic heterocycles. The first-order valence-corrected chi connectivity index (χ1v) is 10.7. The highest BCUT2D eigenvalue weighted by atomic mass is 19.3. The zero-order valence-corrected chi connectivity index (χ0v) is 18.3. The highest BCUT2D eigenvalue weighted by molar-refractivity contribution is 5.86. The fourth-order valence-corrected chi connectivity index (χ4v) is 4.45. The molecule has 3 N–H and O–H groups in total. The summed E-state index contributed by atoms with van der Waals surface area (Å²) >= 11 is 0. The van der Waals surface area contributed by atoms with E-state index >= 15 is 0 Å². The Morgan fingerprint density at radius 2 is 1.65 bits per heavy atom. The van der Waals surface area contributed by atoms with Crippen molar-refractivity contribution in [3.63, 3.8) is 0 Å². The Morgan fingerprint density at radius 1 is 1.06 bits per heavy atom. The van der Waals surface area contributed by atoms with Crippen molar-refractivity contribution in [3.8, 4) is 11.1 Å². The molecule has 8 nitrogen and oxygen atoms in total. The second-order valence-corrected chi connectivity index (χ2v) is 8.32. The summed E-state index contributed by atoms with van der Waals surface area (Å²) in [7, 11) is 1.31. The summed E-state index contributed by atoms with van der Waals surface area (Å²) in [6.07, 6.45) is -0.862. The zero-order chi connectivity index (χ0) is 24.5. The summed E-state index contributed by atoms with van der Waals surface area (Å²) in [6, 6.07) is 14.5. The second kappa shape index (κ2) is 9.38. The Labute approximate surface area is 194 Å². The van der Waals surface area contributed by atoms with Crippen LogP contribution in [0, 0.1) is 11.8 Å². The number of fused-ring (bicyclic) bond motifs is 3. The summed E-state index contributed by atoms with van der Waals surface area (Å²) in [6.45, 7) is -0.718. The molecule has 2 aromatic carbocycles. The molecule has 2 amide bonds. The van der Waals surface area contributed by atoms with E-state index in [1.807, 2.05) is 48.5 Å². The Kier molecular flexibility index (Phi) is 6.52. The number of amides is 2. The number of alkyl carbamates (subject to hydrolysis) is 1. The lowest BCUT2D eigenvalue weighted by Gasteiger charge is -2.19. The maximum Gasteiger partial charge on any atom is 0.407 e. The molecule has 0 bridgehead atoms. The van der Waals surface area contributed by atoms with Crippen molar-refractivity contribution < 1.29 is 37.7 Å². The number of halogens is 2. The van der Waals surface area contributed by atoms with Crippen LogP contribution in [0.25, 0.3) is 11.1 Å². The first kappa shape index (κ1) is 23.6. The van der Waals surface area contributed by atoms with Crippen molar-refractivity contribution in [1.82, 2.24) is 10.6 Å². The second-order valence-electron chi connectivity index (χ2n) is 8.32. The predicted molar refractivity (Wildman–Crippen MR) is 116 cm³/mol. The van der Waals surface area contributed by atoms with Gasteiger partial charge in [0.25, 0.3) is 5.92 Å². The molecule has 3 atom stereocenters. The van der Waals surface area contributed by atoms with Gasteiger partial charge in [-0.05, 0) is 22.3 Å². The third-order valence-corrected chi connectivity index (χ3v) is 6.25. The van der Waals surface area contributed by atoms with Crippen LogP contribution < -0.4 is 10.6 Å². The van der Waals surface area contributed by atoms with Crippen LogP contribution in [0.3, 0.4) is 0 Å². The average Bonchev–Trinajstić information content (AvgIpc) is 3.23. The number of carboxylic acid groups (broad SMARTS) is 1. The largest absolute Gasteiger partial charge is 0.481 e. The van der Waals surface area contributed by atoms with Crippen molar-refractivity contribution in [3.05, 3.63) is 59.7 Å². The average molecular weight is 474 g/mol. The highest BCUT2D eigenvalue weighted by Crippen LogP contribution is 2.54. The summed E-state index contributed by atoms with van der Waals surface area (Å²) in [5.41, 5.74) is 4.20. The lowest BCUT2D eigenvalue weighted by molar-refractivity contribution is -0.141. The topological polar surface area (TPSA) is 114 Å². The van der Waals surface area contributed by atoms with Crippen LogP contribution in [0.5, 0.6) is 0 Å². The standard InChI is InChI=1S/C24H24F2N2O6/c1-33-12-19(21(29)27-10-18-20(22(30)31)24(18,25)26)28-23(32)34-11-17-15-8-4-2-6-13(15)14-7-3-5-9-16(14)17/h2-9,17-20H,10-12H2,1H3,(H,27,29)(H,28,32)(H,30,31)/t18?,19-,20?/m0/s1. The van der Waals surface area contributed by atoms with Gasteiger partial charge < -0.3 is 25.2 Å². The number of ether oxygens (including phenoxy) is 2. The third kappa shape index (κ3) is 4.45. The first-order chi connectivity index (χ1) is 16.3. The smallest absolute Gasteiger partial charge is 0.407 e. The minimum Gasteiger partial charge on any atom is -0.481 e. The van der Waals surface area contributed by atoms with Crippen molar-refractivity contribution >= 4 is 18.0 Å². The molecule has 180 valence electrons. The molecule has 0 heterocycles. The number of hydrogen-bond donors (Lipinski definition) is 3. The molecule has 0 saturated heterocycles. The van der Waals surface area contributed by atoms with Gasteiger partial charge in [0.2, 0.25) is 5.91 Å². The summed E-state index contributed by atoms with van der Waals surface area (Å²) in [5, 5.41) is 13.5. The molecule has 0 spiro atoms. The van der Waals surface area contributed by atoms with Gasteiger partial charge in [0.05, 0.1) is 12.5 Å². The lowest BCUT2D eigenvalue weighted by Crippen LogP contribution is -2.50. The molecule has 2 aliphatic carbocycles. The number of nitrogens with one attached hydrogen (secondary N) is 2. The maximum atomic E-state index is 13.5. The van der Waals surface area contributed by atoms with E-state index in [4.69, 9.17) is 14.6 Å². The SMILES string of the molecule is COC[C@H](NC(=O)OCC1c2ccccc2-c2ccccc21)C(=O)NCC1C(C(=O)O)C1(F)F. The lowest BCUT2D eigenvalue weighted by atomic mass is 9.98. The minimum atomic E-state index is -3.38. The van der Waals surface area contributed by atoms with E-state index in [0.29, 0.717) is 0 Å². The normalized spacial score (nSPS) is 20.6. The van der Waals surface area contributed by atoms with Crippen LogP contribution in [-0.2, 0) is 19.1 Å². The zero-order valence-electron chi connectivity index (χ0n) is 18.3. The molecule has 1 fully saturated rings. The van der Waals surface area contributed by atoms with Gasteiger partial charge in [0, 0.05) is 19.6 Å². The van der Waals surface area contributed by atoms with E-state index < -0.39 is 48.3 Å². The van der Waals surface area contributed by atoms with E-state index in [1.165, 1.54) is 7.11 Å². The number of alkyl halides is 2. The summed E-state index contributed by atoms with van der Waals surface area (Å²) < 4.78 is 37.4. The quantitative estimate of drug-likeness (QED) is 0.515. The number of rotatable bonds is 9. The molecule has 1 saturated carbocycles. The molecule has 2 aliphatic rings. The molecular formula is C24H24F2N2O6. The third-order valence-electron chi connectivity index (χ3n) is 6.25. The van der Waals surface area contributed by atoms with Crippen LogP contribution >= 0.6 is 0 Å². The van der Waals surface area contributed by atoms with Gasteiger partial charge in [-0.2, -0.15) is 0 Å². The number of carboxylic acids is 1. The molecule has 10 heteroatoms. The van der Waals surface area contributed by atoms with Gasteiger partial charge in [-0.3, -0.25) is 9.59 Å². The number of carbonyl (C=O) groups is 3. The van der Waals surface area contributed by atoms with Gasteiger partial charge >= 0.3 is 12.1 Å². The summed E-state index contributed by atoms with van der Waals surface area (Å²) in [4.78, 5) is 35.7. The van der Waals surface area contributed by atoms with Gasteiger partial charge in [-0.25, -0.2) is 13.6 Å². The molecule has 34 heavy (non-hydrogen) atoms. The number of aliphatic carboxylic acids is 1. The van der Waals surface area contributed by atoms with Crippen molar-refractivity contribution in [2.75, 3.05) is 26.9 Å². The van der Waals surface area contributed by atoms with E-state index in [0.717, 1.165) is 22.3 Å². The fourth-order valence-electron chi connectivity index (χ4n) is 4.45. The Bertz CT molecular complexity index is 1060. The Morgan fingerprint density at radius 3 is 2.18 bits per heavy atom. The molecule has 2 unspecified atom stereocenters. The van der Waals surface area contributed by atoms with Crippen molar-refractivity contribution in [1.29, 1.82) is 0 Å². The monoisotopic (exact) mass is 474 g/mol. The van der Waals surface area contributed by atoms with Crippen LogP contribution in [0.1, 0.15) is 17.0 Å². The molecular weight excluding hydrogens is 450 g/mol. The summed E-state index contributed by atoms with van der Waals surface area (Å²) in [5.74, 6) is -9.26. The van der Waals surface area contributed by atoms with Crippen LogP contribution in [-0.4, -0.2) is 61.9 Å². The highest BCUT2D eigenvalue weighted by Gasteiger charge is 2.72. The van der Waals surface area contributed by atoms with Crippen molar-refractivity contribution in [2.45, 2.75) is 17.9 Å². The molecule has 2 aromatic rings. The molecule has 4 rings (SSSR count). The van der Waals surface area contributed by atoms with E-state index in [2.05, 4.69) is 10.6 Å². The van der Waals surface area contributed by atoms with Gasteiger partial charge in [0.1, 0.15) is 18.6 Å². The molecule has 0 radical (unpaired) electrons.